The zero-order chi connectivity index (χ0) is 6.27. The Bertz CT molecular complexity index is 115. The molecule has 3 nitrogen and oxygen atoms in total. The summed E-state index contributed by atoms with van der Waals surface area (Å²) in [6.07, 6.45) is 0.726. The Balaban J connectivity index is 2.07. The normalized spacial score (nSPS) is 49.7. The van der Waals surface area contributed by atoms with Gasteiger partial charge in [0, 0.05) is 6.61 Å². The summed E-state index contributed by atoms with van der Waals surface area (Å²) < 4.78 is 10.4. The number of hydrogen-bond donors (Lipinski definition) is 1. The van der Waals surface area contributed by atoms with Gasteiger partial charge in [-0.25, -0.2) is 0 Å². The molecule has 0 aromatic heterocycles. The van der Waals surface area contributed by atoms with Gasteiger partial charge in [-0.2, -0.15) is 0 Å². The van der Waals surface area contributed by atoms with E-state index in [4.69, 9.17) is 14.6 Å². The van der Waals surface area contributed by atoms with Crippen LogP contribution in [0.5, 0.6) is 0 Å². The Labute approximate surface area is 53.6 Å². The molecule has 2 aliphatic rings. The minimum absolute atomic E-state index is 0.0231. The first-order valence-electron chi connectivity index (χ1n) is 3.29. The van der Waals surface area contributed by atoms with Crippen LogP contribution in [-0.2, 0) is 9.47 Å². The van der Waals surface area contributed by atoms with E-state index < -0.39 is 0 Å². The fraction of sp³-hybridized carbons (Fsp3) is 1.00. The van der Waals surface area contributed by atoms with Gasteiger partial charge in [0.25, 0.3) is 0 Å². The van der Waals surface area contributed by atoms with E-state index >= 15 is 0 Å². The summed E-state index contributed by atoms with van der Waals surface area (Å²) >= 11 is 0. The van der Waals surface area contributed by atoms with E-state index in [-0.39, 0.29) is 18.3 Å². The first-order valence-corrected chi connectivity index (χ1v) is 3.29. The van der Waals surface area contributed by atoms with Crippen molar-refractivity contribution in [1.82, 2.24) is 0 Å². The highest BCUT2D eigenvalue weighted by molar-refractivity contribution is 4.88. The molecule has 0 unspecified atom stereocenters. The van der Waals surface area contributed by atoms with Gasteiger partial charge in [-0.05, 0) is 6.42 Å². The fourth-order valence-corrected chi connectivity index (χ4v) is 1.45. The van der Waals surface area contributed by atoms with Crippen LogP contribution in [0.25, 0.3) is 0 Å². The van der Waals surface area contributed by atoms with Crippen molar-refractivity contribution in [1.29, 1.82) is 0 Å². The molecule has 52 valence electrons. The average molecular weight is 130 g/mol. The van der Waals surface area contributed by atoms with Crippen molar-refractivity contribution in [3.63, 3.8) is 0 Å². The first-order chi connectivity index (χ1) is 4.38. The van der Waals surface area contributed by atoms with E-state index in [1.165, 1.54) is 0 Å². The van der Waals surface area contributed by atoms with Crippen molar-refractivity contribution in [3.8, 4) is 0 Å². The molecule has 2 rings (SSSR count). The van der Waals surface area contributed by atoms with E-state index in [1.54, 1.807) is 0 Å². The van der Waals surface area contributed by atoms with E-state index in [2.05, 4.69) is 0 Å². The van der Waals surface area contributed by atoms with Crippen molar-refractivity contribution < 1.29 is 14.6 Å². The smallest absolute Gasteiger partial charge is 0.112 e. The lowest BCUT2D eigenvalue weighted by molar-refractivity contribution is 0.0187. The Kier molecular flexibility index (Phi) is 1.22. The zero-order valence-corrected chi connectivity index (χ0v) is 5.12. The van der Waals surface area contributed by atoms with E-state index in [0.717, 1.165) is 13.0 Å². The van der Waals surface area contributed by atoms with Gasteiger partial charge in [0.2, 0.25) is 0 Å². The maximum absolute atomic E-state index is 9.15. The summed E-state index contributed by atoms with van der Waals surface area (Å²) in [5.74, 6) is 0. The second kappa shape index (κ2) is 1.94. The number of fused-ring (bicyclic) bond motifs is 1. The quantitative estimate of drug-likeness (QED) is 0.482. The fourth-order valence-electron chi connectivity index (χ4n) is 1.45. The highest BCUT2D eigenvalue weighted by Crippen LogP contribution is 2.25. The van der Waals surface area contributed by atoms with Crippen molar-refractivity contribution >= 4 is 0 Å². The largest absolute Gasteiger partial charge is 0.388 e. The van der Waals surface area contributed by atoms with Crippen molar-refractivity contribution in [3.05, 3.63) is 0 Å². The number of rotatable bonds is 0. The number of aliphatic hydroxyl groups excluding tert-OH is 1. The van der Waals surface area contributed by atoms with Gasteiger partial charge in [0.15, 0.2) is 0 Å². The van der Waals surface area contributed by atoms with Crippen LogP contribution in [0.3, 0.4) is 0 Å². The van der Waals surface area contributed by atoms with E-state index in [0.29, 0.717) is 6.61 Å². The molecular weight excluding hydrogens is 120 g/mol. The van der Waals surface area contributed by atoms with Crippen molar-refractivity contribution in [2.24, 2.45) is 0 Å². The monoisotopic (exact) mass is 130 g/mol. The molecule has 2 saturated heterocycles. The predicted molar refractivity (Wildman–Crippen MR) is 30.1 cm³/mol. The second-order valence-electron chi connectivity index (χ2n) is 2.56. The average Bonchev–Trinajstić information content (AvgIpc) is 2.35. The van der Waals surface area contributed by atoms with Crippen molar-refractivity contribution in [2.75, 3.05) is 13.2 Å². The highest BCUT2D eigenvalue weighted by Gasteiger charge is 2.40. The Morgan fingerprint density at radius 3 is 3.00 bits per heavy atom. The SMILES string of the molecule is O[C@@H]1CO[C@H]2CCO[C@@H]12. The second-order valence-corrected chi connectivity index (χ2v) is 2.56. The zero-order valence-electron chi connectivity index (χ0n) is 5.12. The minimum Gasteiger partial charge on any atom is -0.388 e. The lowest BCUT2D eigenvalue weighted by Gasteiger charge is -2.08. The number of ether oxygens (including phenoxy) is 2. The maximum atomic E-state index is 9.15. The van der Waals surface area contributed by atoms with E-state index in [9.17, 15) is 0 Å². The Hall–Kier alpha value is -0.120. The molecule has 0 bridgehead atoms. The third-order valence-corrected chi connectivity index (χ3v) is 1.94. The third kappa shape index (κ3) is 0.764. The van der Waals surface area contributed by atoms with Crippen LogP contribution >= 0.6 is 0 Å². The van der Waals surface area contributed by atoms with Crippen LogP contribution in [0, 0.1) is 0 Å². The van der Waals surface area contributed by atoms with Gasteiger partial charge < -0.3 is 14.6 Å². The standard InChI is InChI=1S/C6H10O3/c7-4-3-9-5-1-2-8-6(4)5/h4-7H,1-3H2/t4-,5+,6+/m1/s1. The topological polar surface area (TPSA) is 38.7 Å². The summed E-state index contributed by atoms with van der Waals surface area (Å²) in [4.78, 5) is 0. The molecule has 0 spiro atoms. The van der Waals surface area contributed by atoms with Crippen molar-refractivity contribution in [2.45, 2.75) is 24.7 Å². The van der Waals surface area contributed by atoms with Crippen LogP contribution < -0.4 is 0 Å². The van der Waals surface area contributed by atoms with Crippen LogP contribution in [0.4, 0.5) is 0 Å². The summed E-state index contributed by atoms with van der Waals surface area (Å²) in [5, 5.41) is 9.15. The molecule has 0 saturated carbocycles. The molecule has 0 radical (unpaired) electrons. The maximum Gasteiger partial charge on any atom is 0.112 e. The van der Waals surface area contributed by atoms with Gasteiger partial charge in [0.1, 0.15) is 12.2 Å². The molecule has 3 atom stereocenters. The summed E-state index contributed by atoms with van der Waals surface area (Å²) in [5.41, 5.74) is 0. The third-order valence-electron chi connectivity index (χ3n) is 1.94. The van der Waals surface area contributed by atoms with Crippen LogP contribution in [-0.4, -0.2) is 36.6 Å². The molecule has 0 aromatic carbocycles. The van der Waals surface area contributed by atoms with Gasteiger partial charge in [0.05, 0.1) is 12.7 Å². The van der Waals surface area contributed by atoms with Gasteiger partial charge >= 0.3 is 0 Å². The molecule has 9 heavy (non-hydrogen) atoms. The van der Waals surface area contributed by atoms with Gasteiger partial charge in [-0.1, -0.05) is 0 Å². The molecule has 1 N–H and O–H groups in total. The first kappa shape index (κ1) is 5.65. The lowest BCUT2D eigenvalue weighted by atomic mass is 10.1. The molecule has 3 heteroatoms. The van der Waals surface area contributed by atoms with E-state index in [1.807, 2.05) is 0 Å². The molecule has 2 heterocycles. The Morgan fingerprint density at radius 2 is 2.22 bits per heavy atom. The Morgan fingerprint density at radius 1 is 1.33 bits per heavy atom. The van der Waals surface area contributed by atoms with Gasteiger partial charge in [-0.3, -0.25) is 0 Å². The molecule has 2 aliphatic heterocycles. The number of hydrogen-bond acceptors (Lipinski definition) is 3. The molecule has 2 fully saturated rings. The molecule has 0 aliphatic carbocycles. The van der Waals surface area contributed by atoms with Crippen LogP contribution in [0.2, 0.25) is 0 Å². The summed E-state index contributed by atoms with van der Waals surface area (Å²) in [6, 6.07) is 0. The molecule has 0 aromatic rings. The highest BCUT2D eigenvalue weighted by atomic mass is 16.6. The number of aliphatic hydroxyl groups is 1. The predicted octanol–water partition coefficient (Wildman–Crippen LogP) is -0.465. The van der Waals surface area contributed by atoms with Crippen LogP contribution in [0.15, 0.2) is 0 Å². The lowest BCUT2D eigenvalue weighted by Crippen LogP contribution is -2.26. The summed E-state index contributed by atoms with van der Waals surface area (Å²) in [6.45, 7) is 1.20. The summed E-state index contributed by atoms with van der Waals surface area (Å²) in [7, 11) is 0. The minimum atomic E-state index is -0.377. The van der Waals surface area contributed by atoms with Crippen LogP contribution in [0.1, 0.15) is 6.42 Å². The molecular formula is C6H10O3. The van der Waals surface area contributed by atoms with Gasteiger partial charge in [-0.15, -0.1) is 0 Å². The molecule has 0 amide bonds.